The summed E-state index contributed by atoms with van der Waals surface area (Å²) in [5, 5.41) is 2.77. The van der Waals surface area contributed by atoms with Crippen LogP contribution in [0.15, 0.2) is 48.0 Å². The summed E-state index contributed by atoms with van der Waals surface area (Å²) in [6, 6.07) is 11.6. The minimum absolute atomic E-state index is 0.0101. The van der Waals surface area contributed by atoms with Crippen LogP contribution in [-0.2, 0) is 16.0 Å². The molecule has 0 atom stereocenters. The number of hydrogen-bond donors (Lipinski definition) is 1. The topological polar surface area (TPSA) is 61.9 Å². The van der Waals surface area contributed by atoms with Gasteiger partial charge in [-0.05, 0) is 75.2 Å². The minimum atomic E-state index is -0.518. The maximum atomic E-state index is 13.6. The van der Waals surface area contributed by atoms with Crippen molar-refractivity contribution >= 4 is 52.2 Å². The molecule has 1 fully saturated rings. The number of para-hydroxylation sites is 1. The SMILES string of the molecule is CCCN1c2cc(OC)c(/C=C3/C(=O)NC(=S)N(c4ccccc4CC)C3=O)cc2C(C)=CC1(C)C. The van der Waals surface area contributed by atoms with Crippen molar-refractivity contribution in [2.75, 3.05) is 23.5 Å². The Morgan fingerprint density at radius 3 is 2.50 bits per heavy atom. The molecule has 0 aromatic heterocycles. The van der Waals surface area contributed by atoms with E-state index in [1.807, 2.05) is 43.3 Å². The van der Waals surface area contributed by atoms with Crippen molar-refractivity contribution in [1.29, 1.82) is 0 Å². The maximum Gasteiger partial charge on any atom is 0.270 e. The van der Waals surface area contributed by atoms with E-state index < -0.39 is 11.8 Å². The number of ether oxygens (including phenoxy) is 1. The number of benzene rings is 2. The van der Waals surface area contributed by atoms with Crippen LogP contribution in [0.4, 0.5) is 11.4 Å². The fourth-order valence-corrected chi connectivity index (χ4v) is 5.38. The summed E-state index contributed by atoms with van der Waals surface area (Å²) in [4.78, 5) is 30.4. The average Bonchev–Trinajstić information content (AvgIpc) is 2.84. The smallest absolute Gasteiger partial charge is 0.270 e. The van der Waals surface area contributed by atoms with Gasteiger partial charge in [-0.2, -0.15) is 0 Å². The summed E-state index contributed by atoms with van der Waals surface area (Å²) in [5.41, 5.74) is 5.46. The number of amides is 2. The van der Waals surface area contributed by atoms with E-state index in [9.17, 15) is 9.59 Å². The number of rotatable bonds is 6. The third kappa shape index (κ3) is 4.44. The first kappa shape index (κ1) is 25.6. The number of anilines is 2. The van der Waals surface area contributed by atoms with Crippen molar-refractivity contribution < 1.29 is 14.3 Å². The molecule has 0 radical (unpaired) electrons. The second-order valence-corrected chi connectivity index (χ2v) is 10.1. The minimum Gasteiger partial charge on any atom is -0.496 e. The van der Waals surface area contributed by atoms with E-state index in [2.05, 4.69) is 44.0 Å². The van der Waals surface area contributed by atoms with E-state index in [1.54, 1.807) is 13.2 Å². The molecule has 4 rings (SSSR count). The summed E-state index contributed by atoms with van der Waals surface area (Å²) in [7, 11) is 1.60. The van der Waals surface area contributed by atoms with E-state index in [-0.39, 0.29) is 16.2 Å². The lowest BCUT2D eigenvalue weighted by Crippen LogP contribution is -2.54. The number of aryl methyl sites for hydroxylation is 1. The molecule has 1 saturated heterocycles. The summed E-state index contributed by atoms with van der Waals surface area (Å²) in [6.07, 6.45) is 5.60. The number of hydrogen-bond acceptors (Lipinski definition) is 5. The number of nitrogens with zero attached hydrogens (tertiary/aromatic N) is 2. The van der Waals surface area contributed by atoms with Crippen LogP contribution in [0.25, 0.3) is 11.6 Å². The van der Waals surface area contributed by atoms with Crippen molar-refractivity contribution in [2.24, 2.45) is 0 Å². The van der Waals surface area contributed by atoms with E-state index >= 15 is 0 Å². The first-order valence-electron chi connectivity index (χ1n) is 12.3. The molecule has 1 N–H and O–H groups in total. The number of thiocarbonyl (C=S) groups is 1. The fourth-order valence-electron chi connectivity index (χ4n) is 5.10. The average molecular weight is 504 g/mol. The normalized spacial score (nSPS) is 18.2. The van der Waals surface area contributed by atoms with Gasteiger partial charge in [0.1, 0.15) is 11.3 Å². The summed E-state index contributed by atoms with van der Waals surface area (Å²) in [6.45, 7) is 11.6. The lowest BCUT2D eigenvalue weighted by Gasteiger charge is -2.43. The summed E-state index contributed by atoms with van der Waals surface area (Å²) in [5.74, 6) is -0.372. The van der Waals surface area contributed by atoms with Crippen LogP contribution in [0.1, 0.15) is 57.7 Å². The van der Waals surface area contributed by atoms with Crippen LogP contribution in [0.5, 0.6) is 5.75 Å². The zero-order valence-corrected chi connectivity index (χ0v) is 22.6. The molecule has 0 spiro atoms. The molecule has 2 amide bonds. The Morgan fingerprint density at radius 1 is 1.11 bits per heavy atom. The van der Waals surface area contributed by atoms with Gasteiger partial charge in [0, 0.05) is 29.4 Å². The van der Waals surface area contributed by atoms with Crippen LogP contribution >= 0.6 is 12.2 Å². The number of allylic oxidation sites excluding steroid dienone is 1. The van der Waals surface area contributed by atoms with Gasteiger partial charge in [0.25, 0.3) is 11.8 Å². The van der Waals surface area contributed by atoms with E-state index in [1.165, 1.54) is 4.90 Å². The highest BCUT2D eigenvalue weighted by molar-refractivity contribution is 7.80. The highest BCUT2D eigenvalue weighted by Gasteiger charge is 2.36. The van der Waals surface area contributed by atoms with Gasteiger partial charge in [0.05, 0.1) is 18.3 Å². The van der Waals surface area contributed by atoms with Crippen molar-refractivity contribution in [3.8, 4) is 5.75 Å². The number of fused-ring (bicyclic) bond motifs is 1. The third-order valence-electron chi connectivity index (χ3n) is 6.79. The molecule has 6 nitrogen and oxygen atoms in total. The van der Waals surface area contributed by atoms with Crippen LogP contribution in [0.2, 0.25) is 0 Å². The Morgan fingerprint density at radius 2 is 1.83 bits per heavy atom. The van der Waals surface area contributed by atoms with Crippen molar-refractivity contribution in [1.82, 2.24) is 5.32 Å². The van der Waals surface area contributed by atoms with Crippen LogP contribution in [0, 0.1) is 0 Å². The predicted octanol–water partition coefficient (Wildman–Crippen LogP) is 5.50. The van der Waals surface area contributed by atoms with Crippen molar-refractivity contribution in [3.05, 3.63) is 64.7 Å². The molecule has 36 heavy (non-hydrogen) atoms. The van der Waals surface area contributed by atoms with Crippen LogP contribution in [0.3, 0.4) is 0 Å². The molecule has 0 unspecified atom stereocenters. The monoisotopic (exact) mass is 503 g/mol. The van der Waals surface area contributed by atoms with Gasteiger partial charge < -0.3 is 9.64 Å². The molecule has 7 heteroatoms. The molecule has 2 aliphatic heterocycles. The molecule has 2 heterocycles. The number of carbonyl (C=O) groups excluding carboxylic acids is 2. The number of carbonyl (C=O) groups is 2. The largest absolute Gasteiger partial charge is 0.496 e. The molecule has 188 valence electrons. The molecule has 2 aliphatic rings. The molecule has 0 aliphatic carbocycles. The van der Waals surface area contributed by atoms with Gasteiger partial charge in [-0.1, -0.05) is 38.1 Å². The Balaban J connectivity index is 1.84. The Hall–Kier alpha value is -3.45. The Bertz CT molecular complexity index is 1310. The second kappa shape index (κ2) is 9.90. The third-order valence-corrected chi connectivity index (χ3v) is 7.08. The highest BCUT2D eigenvalue weighted by Crippen LogP contribution is 2.43. The summed E-state index contributed by atoms with van der Waals surface area (Å²) >= 11 is 5.40. The maximum absolute atomic E-state index is 13.6. The Labute approximate surface area is 218 Å². The standard InChI is InChI=1S/C29H33N3O3S/c1-7-13-31-24-16-25(35-6)20(14-21(24)18(3)17-29(31,4)5)15-22-26(33)30-28(36)32(27(22)34)23-12-10-9-11-19(23)8-2/h9-12,14-17H,7-8,13H2,1-6H3,(H,30,33,36)/b22-15-. The Kier molecular flexibility index (Phi) is 7.05. The molecular formula is C29H33N3O3S. The summed E-state index contributed by atoms with van der Waals surface area (Å²) < 4.78 is 5.75. The van der Waals surface area contributed by atoms with Crippen molar-refractivity contribution in [3.63, 3.8) is 0 Å². The first-order chi connectivity index (χ1) is 17.1. The molecule has 0 saturated carbocycles. The van der Waals surface area contributed by atoms with Gasteiger partial charge in [0.2, 0.25) is 0 Å². The van der Waals surface area contributed by atoms with Crippen LogP contribution in [-0.4, -0.2) is 36.1 Å². The number of nitrogens with one attached hydrogen (secondary N) is 1. The van der Waals surface area contributed by atoms with Gasteiger partial charge in [-0.3, -0.25) is 19.8 Å². The second-order valence-electron chi connectivity index (χ2n) is 9.68. The highest BCUT2D eigenvalue weighted by atomic mass is 32.1. The molecular weight excluding hydrogens is 470 g/mol. The van der Waals surface area contributed by atoms with E-state index in [4.69, 9.17) is 17.0 Å². The van der Waals surface area contributed by atoms with Gasteiger partial charge in [-0.25, -0.2) is 0 Å². The van der Waals surface area contributed by atoms with E-state index in [0.29, 0.717) is 17.0 Å². The van der Waals surface area contributed by atoms with Gasteiger partial charge >= 0.3 is 0 Å². The molecule has 2 aromatic carbocycles. The molecule has 0 bridgehead atoms. The van der Waals surface area contributed by atoms with Gasteiger partial charge in [-0.15, -0.1) is 0 Å². The van der Waals surface area contributed by atoms with Gasteiger partial charge in [0.15, 0.2) is 5.11 Å². The zero-order valence-electron chi connectivity index (χ0n) is 21.8. The van der Waals surface area contributed by atoms with Crippen molar-refractivity contribution in [2.45, 2.75) is 53.0 Å². The predicted molar refractivity (Wildman–Crippen MR) is 150 cm³/mol. The lowest BCUT2D eigenvalue weighted by molar-refractivity contribution is -0.122. The van der Waals surface area contributed by atoms with Crippen LogP contribution < -0.4 is 19.9 Å². The fraction of sp³-hybridized carbons (Fsp3) is 0.345. The first-order valence-corrected chi connectivity index (χ1v) is 12.7. The lowest BCUT2D eigenvalue weighted by atomic mass is 9.87. The zero-order chi connectivity index (χ0) is 26.2. The van der Waals surface area contributed by atoms with E-state index in [0.717, 1.165) is 41.8 Å². The quantitative estimate of drug-likeness (QED) is 0.320. The number of methoxy groups -OCH3 is 1. The molecule has 2 aromatic rings.